The van der Waals surface area contributed by atoms with E-state index in [9.17, 15) is 9.59 Å². The van der Waals surface area contributed by atoms with E-state index >= 15 is 0 Å². The summed E-state index contributed by atoms with van der Waals surface area (Å²) in [5.74, 6) is 0.663. The molecule has 0 spiro atoms. The number of nitrogens with zero attached hydrogens (tertiary/aromatic N) is 1. The van der Waals surface area contributed by atoms with E-state index in [0.717, 1.165) is 46.8 Å². The minimum atomic E-state index is -0.0223. The second-order valence-corrected chi connectivity index (χ2v) is 7.77. The normalized spacial score (nSPS) is 11.2. The van der Waals surface area contributed by atoms with Gasteiger partial charge in [-0.25, -0.2) is 0 Å². The van der Waals surface area contributed by atoms with E-state index in [0.29, 0.717) is 29.5 Å². The molecular formula is C22H27N3O3S. The maximum absolute atomic E-state index is 13.4. The Morgan fingerprint density at radius 1 is 1.17 bits per heavy atom. The second-order valence-electron chi connectivity index (χ2n) is 6.72. The number of benzene rings is 2. The first kappa shape index (κ1) is 21.1. The SMILES string of the molecule is CCN(CC)CCNc1ccc(CNC=O)c2sc3ccc(OC)cc3c(=O)c12. The molecule has 7 heteroatoms. The van der Waals surface area contributed by atoms with Crippen LogP contribution in [0.4, 0.5) is 5.69 Å². The van der Waals surface area contributed by atoms with Crippen LogP contribution in [0.2, 0.25) is 0 Å². The van der Waals surface area contributed by atoms with Crippen LogP contribution in [-0.4, -0.2) is 44.6 Å². The van der Waals surface area contributed by atoms with E-state index in [4.69, 9.17) is 4.74 Å². The second kappa shape index (κ2) is 9.71. The molecule has 2 aromatic carbocycles. The van der Waals surface area contributed by atoms with Gasteiger partial charge in [0.25, 0.3) is 0 Å². The van der Waals surface area contributed by atoms with Gasteiger partial charge in [0.15, 0.2) is 5.43 Å². The lowest BCUT2D eigenvalue weighted by Crippen LogP contribution is -2.28. The highest BCUT2D eigenvalue weighted by Crippen LogP contribution is 2.33. The summed E-state index contributed by atoms with van der Waals surface area (Å²) in [7, 11) is 1.60. The summed E-state index contributed by atoms with van der Waals surface area (Å²) in [5, 5.41) is 7.47. The maximum atomic E-state index is 13.4. The molecule has 29 heavy (non-hydrogen) atoms. The van der Waals surface area contributed by atoms with Gasteiger partial charge in [-0.15, -0.1) is 11.3 Å². The lowest BCUT2D eigenvalue weighted by Gasteiger charge is -2.19. The Balaban J connectivity index is 2.11. The van der Waals surface area contributed by atoms with Gasteiger partial charge in [-0.2, -0.15) is 0 Å². The average Bonchev–Trinajstić information content (AvgIpc) is 2.75. The quantitative estimate of drug-likeness (QED) is 0.394. The number of hydrogen-bond donors (Lipinski definition) is 2. The molecule has 0 fully saturated rings. The van der Waals surface area contributed by atoms with Crippen LogP contribution in [0, 0.1) is 0 Å². The van der Waals surface area contributed by atoms with Crippen molar-refractivity contribution in [1.29, 1.82) is 0 Å². The minimum absolute atomic E-state index is 0.0223. The summed E-state index contributed by atoms with van der Waals surface area (Å²) in [6.07, 6.45) is 0.677. The van der Waals surface area contributed by atoms with Crippen molar-refractivity contribution in [2.75, 3.05) is 38.6 Å². The summed E-state index contributed by atoms with van der Waals surface area (Å²) >= 11 is 1.56. The number of carbonyl (C=O) groups excluding carboxylic acids is 1. The monoisotopic (exact) mass is 413 g/mol. The van der Waals surface area contributed by atoms with E-state index in [-0.39, 0.29) is 5.43 Å². The number of ether oxygens (including phenoxy) is 1. The van der Waals surface area contributed by atoms with Gasteiger partial charge in [0.2, 0.25) is 6.41 Å². The molecule has 0 atom stereocenters. The zero-order valence-electron chi connectivity index (χ0n) is 17.1. The largest absolute Gasteiger partial charge is 0.497 e. The van der Waals surface area contributed by atoms with E-state index in [2.05, 4.69) is 29.4 Å². The van der Waals surface area contributed by atoms with Crippen molar-refractivity contribution in [3.63, 3.8) is 0 Å². The Hall–Kier alpha value is -2.64. The maximum Gasteiger partial charge on any atom is 0.207 e. The molecule has 154 valence electrons. The summed E-state index contributed by atoms with van der Waals surface area (Å²) in [4.78, 5) is 26.5. The molecule has 1 aromatic heterocycles. The molecule has 6 nitrogen and oxygen atoms in total. The van der Waals surface area contributed by atoms with Crippen molar-refractivity contribution in [3.8, 4) is 5.75 Å². The number of likely N-dealkylation sites (N-methyl/N-ethyl adjacent to an activating group) is 1. The highest BCUT2D eigenvalue weighted by Gasteiger charge is 2.14. The van der Waals surface area contributed by atoms with Crippen molar-refractivity contribution in [3.05, 3.63) is 46.1 Å². The Morgan fingerprint density at radius 3 is 2.66 bits per heavy atom. The molecule has 1 amide bonds. The number of methoxy groups -OCH3 is 1. The standard InChI is InChI=1S/C22H27N3O3S/c1-4-25(5-2)11-10-24-18-8-6-15(13-23-14-26)22-20(18)21(27)17-12-16(28-3)7-9-19(17)29-22/h6-9,12,14,24H,4-5,10-11,13H2,1-3H3,(H,23,26). The first-order valence-corrected chi connectivity index (χ1v) is 10.6. The Kier molecular flexibility index (Phi) is 7.06. The van der Waals surface area contributed by atoms with Crippen molar-refractivity contribution >= 4 is 43.6 Å². The Bertz CT molecular complexity index is 1060. The number of anilines is 1. The lowest BCUT2D eigenvalue weighted by atomic mass is 10.1. The van der Waals surface area contributed by atoms with E-state index in [1.165, 1.54) is 0 Å². The van der Waals surface area contributed by atoms with Crippen LogP contribution in [0.15, 0.2) is 35.1 Å². The molecule has 3 aromatic rings. The van der Waals surface area contributed by atoms with Crippen LogP contribution in [-0.2, 0) is 11.3 Å². The van der Waals surface area contributed by atoms with Crippen molar-refractivity contribution in [1.82, 2.24) is 10.2 Å². The van der Waals surface area contributed by atoms with Gasteiger partial charge in [0, 0.05) is 40.1 Å². The zero-order valence-corrected chi connectivity index (χ0v) is 17.9. The summed E-state index contributed by atoms with van der Waals surface area (Å²) in [5.41, 5.74) is 1.74. The average molecular weight is 414 g/mol. The smallest absolute Gasteiger partial charge is 0.207 e. The van der Waals surface area contributed by atoms with Gasteiger partial charge in [0.05, 0.1) is 12.5 Å². The molecule has 0 unspecified atom stereocenters. The summed E-state index contributed by atoms with van der Waals surface area (Å²) < 4.78 is 7.11. The molecule has 0 bridgehead atoms. The van der Waals surface area contributed by atoms with Gasteiger partial charge < -0.3 is 20.3 Å². The fourth-order valence-corrected chi connectivity index (χ4v) is 4.64. The van der Waals surface area contributed by atoms with Crippen LogP contribution in [0.1, 0.15) is 19.4 Å². The lowest BCUT2D eigenvalue weighted by molar-refractivity contribution is -0.109. The predicted molar refractivity (Wildman–Crippen MR) is 121 cm³/mol. The minimum Gasteiger partial charge on any atom is -0.497 e. The fraction of sp³-hybridized carbons (Fsp3) is 0.364. The predicted octanol–water partition coefficient (Wildman–Crippen LogP) is 3.42. The van der Waals surface area contributed by atoms with E-state index in [1.807, 2.05) is 24.3 Å². The van der Waals surface area contributed by atoms with Crippen LogP contribution in [0.5, 0.6) is 5.75 Å². The Morgan fingerprint density at radius 2 is 1.97 bits per heavy atom. The van der Waals surface area contributed by atoms with E-state index in [1.54, 1.807) is 24.5 Å². The molecule has 0 aliphatic carbocycles. The van der Waals surface area contributed by atoms with Crippen LogP contribution < -0.4 is 20.8 Å². The number of nitrogens with one attached hydrogen (secondary N) is 2. The van der Waals surface area contributed by atoms with Crippen LogP contribution >= 0.6 is 11.3 Å². The first-order valence-electron chi connectivity index (χ1n) is 9.82. The third-order valence-electron chi connectivity index (χ3n) is 5.12. The van der Waals surface area contributed by atoms with Gasteiger partial charge in [0.1, 0.15) is 5.75 Å². The number of amides is 1. The van der Waals surface area contributed by atoms with Crippen LogP contribution in [0.3, 0.4) is 0 Å². The molecule has 0 aliphatic heterocycles. The van der Waals surface area contributed by atoms with Crippen molar-refractivity contribution < 1.29 is 9.53 Å². The molecule has 0 radical (unpaired) electrons. The Labute approximate surface area is 174 Å². The first-order chi connectivity index (χ1) is 14.1. The molecule has 0 aliphatic rings. The molecule has 0 saturated heterocycles. The topological polar surface area (TPSA) is 70.7 Å². The van der Waals surface area contributed by atoms with Gasteiger partial charge >= 0.3 is 0 Å². The molecular weight excluding hydrogens is 386 g/mol. The fourth-order valence-electron chi connectivity index (χ4n) is 3.44. The third kappa shape index (κ3) is 4.52. The highest BCUT2D eigenvalue weighted by molar-refractivity contribution is 7.24. The molecule has 2 N–H and O–H groups in total. The number of carbonyl (C=O) groups is 1. The van der Waals surface area contributed by atoms with Crippen LogP contribution in [0.25, 0.3) is 20.2 Å². The van der Waals surface area contributed by atoms with Crippen molar-refractivity contribution in [2.24, 2.45) is 0 Å². The van der Waals surface area contributed by atoms with Gasteiger partial charge in [-0.1, -0.05) is 19.9 Å². The van der Waals surface area contributed by atoms with Crippen molar-refractivity contribution in [2.45, 2.75) is 20.4 Å². The van der Waals surface area contributed by atoms with E-state index < -0.39 is 0 Å². The number of hydrogen-bond acceptors (Lipinski definition) is 6. The molecule has 1 heterocycles. The number of fused-ring (bicyclic) bond motifs is 2. The van der Waals surface area contributed by atoms with Gasteiger partial charge in [-0.3, -0.25) is 9.59 Å². The molecule has 0 saturated carbocycles. The third-order valence-corrected chi connectivity index (χ3v) is 6.37. The van der Waals surface area contributed by atoms with Gasteiger partial charge in [-0.05, 0) is 42.9 Å². The number of rotatable bonds is 10. The highest BCUT2D eigenvalue weighted by atomic mass is 32.1. The molecule has 3 rings (SSSR count). The summed E-state index contributed by atoms with van der Waals surface area (Å²) in [6, 6.07) is 9.48. The zero-order chi connectivity index (χ0) is 20.8. The summed E-state index contributed by atoms with van der Waals surface area (Å²) in [6.45, 7) is 8.32.